The summed E-state index contributed by atoms with van der Waals surface area (Å²) in [6, 6.07) is 8.77. The van der Waals surface area contributed by atoms with Crippen molar-refractivity contribution in [2.24, 2.45) is 5.92 Å². The van der Waals surface area contributed by atoms with E-state index in [1.165, 1.54) is 39.3 Å². The minimum Gasteiger partial charge on any atom is -0.465 e. The quantitative estimate of drug-likeness (QED) is 0.246. The van der Waals surface area contributed by atoms with E-state index < -0.39 is 22.0 Å². The number of furan rings is 1. The van der Waals surface area contributed by atoms with Crippen LogP contribution in [0.25, 0.3) is 10.1 Å². The molecule has 0 radical (unpaired) electrons. The number of nitrogens with zero attached hydrogens (tertiary/aromatic N) is 1. The number of hydrogen-bond acceptors (Lipinski definition) is 8. The number of thiophene rings is 1. The van der Waals surface area contributed by atoms with Gasteiger partial charge in [0.1, 0.15) is 28.0 Å². The normalized spacial score (nSPS) is 12.6. The first-order valence-corrected chi connectivity index (χ1v) is 14.8. The van der Waals surface area contributed by atoms with Crippen LogP contribution in [-0.4, -0.2) is 63.8 Å². The van der Waals surface area contributed by atoms with Gasteiger partial charge >= 0.3 is 5.97 Å². The van der Waals surface area contributed by atoms with Crippen LogP contribution >= 0.6 is 11.3 Å². The number of carbonyl (C=O) groups is 3. The van der Waals surface area contributed by atoms with Crippen LogP contribution in [0.15, 0.2) is 39.6 Å². The molecule has 1 aromatic carbocycles. The highest BCUT2D eigenvalue weighted by atomic mass is 32.2. The first-order valence-electron chi connectivity index (χ1n) is 12.6. The lowest BCUT2D eigenvalue weighted by Crippen LogP contribution is -2.47. The lowest BCUT2D eigenvalue weighted by molar-refractivity contribution is -0.123. The molecule has 2 amide bonds. The van der Waals surface area contributed by atoms with Gasteiger partial charge in [0.2, 0.25) is 15.9 Å². The molecule has 0 bridgehead atoms. The van der Waals surface area contributed by atoms with E-state index in [-0.39, 0.29) is 52.8 Å². The van der Waals surface area contributed by atoms with Crippen LogP contribution in [-0.2, 0) is 19.6 Å². The summed E-state index contributed by atoms with van der Waals surface area (Å²) in [6.45, 7) is 7.18. The maximum Gasteiger partial charge on any atom is 0.342 e. The largest absolute Gasteiger partial charge is 0.465 e. The number of fused-ring (bicyclic) bond motifs is 1. The first kappa shape index (κ1) is 30.3. The first-order chi connectivity index (χ1) is 18.4. The lowest BCUT2D eigenvalue weighted by atomic mass is 10.0. The molecule has 2 heterocycles. The Labute approximate surface area is 232 Å². The van der Waals surface area contributed by atoms with Crippen molar-refractivity contribution >= 4 is 49.2 Å². The van der Waals surface area contributed by atoms with Gasteiger partial charge in [-0.05, 0) is 50.1 Å². The summed E-state index contributed by atoms with van der Waals surface area (Å²) in [5.74, 6) is -1.03. The van der Waals surface area contributed by atoms with Gasteiger partial charge in [0.25, 0.3) is 5.91 Å². The number of sulfonamides is 1. The highest BCUT2D eigenvalue weighted by molar-refractivity contribution is 7.89. The average molecular weight is 578 g/mol. The molecule has 0 aliphatic heterocycles. The van der Waals surface area contributed by atoms with Gasteiger partial charge in [0.05, 0.1) is 12.0 Å². The fourth-order valence-electron chi connectivity index (χ4n) is 4.25. The molecule has 0 fully saturated rings. The highest BCUT2D eigenvalue weighted by Crippen LogP contribution is 2.29. The van der Waals surface area contributed by atoms with Crippen LogP contribution in [0.1, 0.15) is 58.2 Å². The zero-order chi connectivity index (χ0) is 28.9. The van der Waals surface area contributed by atoms with Gasteiger partial charge in [-0.3, -0.25) is 9.59 Å². The van der Waals surface area contributed by atoms with E-state index in [1.807, 2.05) is 44.2 Å². The number of ether oxygens (including phenoxy) is 1. The van der Waals surface area contributed by atoms with E-state index in [4.69, 9.17) is 9.15 Å². The molecule has 2 aromatic heterocycles. The van der Waals surface area contributed by atoms with Crippen molar-refractivity contribution in [2.45, 2.75) is 51.5 Å². The van der Waals surface area contributed by atoms with Crippen molar-refractivity contribution in [3.8, 4) is 0 Å². The monoisotopic (exact) mass is 577 g/mol. The number of hydrogen-bond donors (Lipinski definition) is 2. The molecule has 3 rings (SSSR count). The van der Waals surface area contributed by atoms with Crippen LogP contribution < -0.4 is 10.6 Å². The second-order valence-corrected chi connectivity index (χ2v) is 12.8. The molecular formula is C27H35N3O7S2. The zero-order valence-electron chi connectivity index (χ0n) is 23.0. The predicted molar refractivity (Wildman–Crippen MR) is 149 cm³/mol. The molecule has 10 nitrogen and oxygen atoms in total. The fraction of sp³-hybridized carbons (Fsp3) is 0.444. The Bertz CT molecular complexity index is 1420. The van der Waals surface area contributed by atoms with Crippen molar-refractivity contribution in [3.63, 3.8) is 0 Å². The van der Waals surface area contributed by atoms with Gasteiger partial charge in [0, 0.05) is 24.8 Å². The van der Waals surface area contributed by atoms with E-state index in [2.05, 4.69) is 10.6 Å². The molecule has 2 N–H and O–H groups in total. The number of rotatable bonds is 12. The Morgan fingerprint density at radius 1 is 1.13 bits per heavy atom. The summed E-state index contributed by atoms with van der Waals surface area (Å²) in [6.07, 6.45) is 0.760. The summed E-state index contributed by atoms with van der Waals surface area (Å²) < 4.78 is 38.7. The van der Waals surface area contributed by atoms with Gasteiger partial charge in [-0.25, -0.2) is 17.5 Å². The summed E-state index contributed by atoms with van der Waals surface area (Å²) in [7, 11) is -1.49. The molecule has 0 unspecified atom stereocenters. The van der Waals surface area contributed by atoms with Gasteiger partial charge in [-0.1, -0.05) is 32.0 Å². The zero-order valence-corrected chi connectivity index (χ0v) is 24.6. The average Bonchev–Trinajstić information content (AvgIpc) is 3.45. The molecule has 3 aromatic rings. The molecular weight excluding hydrogens is 542 g/mol. The van der Waals surface area contributed by atoms with Crippen LogP contribution in [0.3, 0.4) is 0 Å². The SMILES string of the molecule is COC(=O)c1c(C)oc(C)c1S(=O)(=O)N(C)CCCNC(=O)[C@H](CC(C)C)NC(=O)c1cc2ccccc2s1. The summed E-state index contributed by atoms with van der Waals surface area (Å²) in [5.41, 5.74) is -0.124. The van der Waals surface area contributed by atoms with Gasteiger partial charge < -0.3 is 19.8 Å². The maximum atomic E-state index is 13.2. The maximum absolute atomic E-state index is 13.2. The number of esters is 1. The Balaban J connectivity index is 1.60. The minimum atomic E-state index is -4.06. The van der Waals surface area contributed by atoms with Gasteiger partial charge in [-0.2, -0.15) is 0 Å². The molecule has 212 valence electrons. The number of amides is 2. The van der Waals surface area contributed by atoms with Crippen molar-refractivity contribution < 1.29 is 32.0 Å². The standard InChI is InChI=1S/C27H35N3O7S2/c1-16(2)14-20(29-26(32)22-15-19-10-7-8-11-21(19)38-22)25(31)28-12-9-13-30(5)39(34,35)24-18(4)37-17(3)23(24)27(33)36-6/h7-8,10-11,15-16,20H,9,12-14H2,1-6H3,(H,28,31)(H,29,32)/t20-/m0/s1. The highest BCUT2D eigenvalue weighted by Gasteiger charge is 2.34. The van der Waals surface area contributed by atoms with E-state index in [0.717, 1.165) is 14.4 Å². The Morgan fingerprint density at radius 2 is 1.82 bits per heavy atom. The number of nitrogens with one attached hydrogen (secondary N) is 2. The molecule has 1 atom stereocenters. The van der Waals surface area contributed by atoms with Crippen LogP contribution in [0.5, 0.6) is 0 Å². The van der Waals surface area contributed by atoms with E-state index in [1.54, 1.807) is 0 Å². The number of methoxy groups -OCH3 is 1. The molecule has 39 heavy (non-hydrogen) atoms. The van der Waals surface area contributed by atoms with Crippen molar-refractivity contribution in [1.82, 2.24) is 14.9 Å². The molecule has 12 heteroatoms. The van der Waals surface area contributed by atoms with Crippen LogP contribution in [0, 0.1) is 19.8 Å². The van der Waals surface area contributed by atoms with E-state index >= 15 is 0 Å². The van der Waals surface area contributed by atoms with Crippen molar-refractivity contribution in [1.29, 1.82) is 0 Å². The third kappa shape index (κ3) is 7.06. The Morgan fingerprint density at radius 3 is 2.46 bits per heavy atom. The molecule has 0 saturated heterocycles. The summed E-state index contributed by atoms with van der Waals surface area (Å²) >= 11 is 1.37. The van der Waals surface area contributed by atoms with E-state index in [9.17, 15) is 22.8 Å². The summed E-state index contributed by atoms with van der Waals surface area (Å²) in [5, 5.41) is 6.63. The van der Waals surface area contributed by atoms with Crippen LogP contribution in [0.4, 0.5) is 0 Å². The molecule has 0 spiro atoms. The Hall–Kier alpha value is -3.22. The summed E-state index contributed by atoms with van der Waals surface area (Å²) in [4.78, 5) is 38.4. The topological polar surface area (TPSA) is 135 Å². The van der Waals surface area contributed by atoms with Gasteiger partial charge in [0.15, 0.2) is 0 Å². The van der Waals surface area contributed by atoms with Crippen LogP contribution in [0.2, 0.25) is 0 Å². The minimum absolute atomic E-state index is 0.0793. The fourth-order valence-corrected chi connectivity index (χ4v) is 6.79. The third-order valence-corrected chi connectivity index (χ3v) is 9.32. The van der Waals surface area contributed by atoms with Gasteiger partial charge in [-0.15, -0.1) is 11.3 Å². The molecule has 0 saturated carbocycles. The van der Waals surface area contributed by atoms with Crippen molar-refractivity contribution in [3.05, 3.63) is 52.3 Å². The molecule has 0 aliphatic carbocycles. The van der Waals surface area contributed by atoms with E-state index in [0.29, 0.717) is 17.7 Å². The number of aryl methyl sites for hydroxylation is 2. The number of benzene rings is 1. The van der Waals surface area contributed by atoms with Crippen molar-refractivity contribution in [2.75, 3.05) is 27.2 Å². The Kier molecular flexibility index (Phi) is 9.92. The smallest absolute Gasteiger partial charge is 0.342 e. The second-order valence-electron chi connectivity index (χ2n) is 9.69. The third-order valence-electron chi connectivity index (χ3n) is 6.19. The number of carbonyl (C=O) groups excluding carboxylic acids is 3. The lowest BCUT2D eigenvalue weighted by Gasteiger charge is -2.21. The predicted octanol–water partition coefficient (Wildman–Crippen LogP) is 3.87. The molecule has 0 aliphatic rings. The second kappa shape index (κ2) is 12.8.